The van der Waals surface area contributed by atoms with Crippen LogP contribution in [-0.2, 0) is 12.6 Å². The number of halogens is 4. The topological polar surface area (TPSA) is 36.7 Å². The SMILES string of the molecule is N#CCc1cc(C(F)(F)F)cc(F)n1. The van der Waals surface area contributed by atoms with Crippen molar-refractivity contribution in [1.29, 1.82) is 5.26 Å². The Morgan fingerprint density at radius 3 is 2.50 bits per heavy atom. The second kappa shape index (κ2) is 3.62. The lowest BCUT2D eigenvalue weighted by Crippen LogP contribution is -2.07. The first-order valence-electron chi connectivity index (χ1n) is 3.54. The van der Waals surface area contributed by atoms with Gasteiger partial charge in [-0.25, -0.2) is 4.98 Å². The Bertz CT molecular complexity index is 378. The van der Waals surface area contributed by atoms with Crippen molar-refractivity contribution in [3.8, 4) is 6.07 Å². The molecule has 0 N–H and O–H groups in total. The molecule has 0 fully saturated rings. The third kappa shape index (κ3) is 2.42. The number of nitriles is 1. The van der Waals surface area contributed by atoms with Crippen LogP contribution in [0.1, 0.15) is 11.3 Å². The molecule has 74 valence electrons. The molecule has 0 atom stereocenters. The van der Waals surface area contributed by atoms with Gasteiger partial charge in [0.25, 0.3) is 0 Å². The predicted octanol–water partition coefficient (Wildman–Crippen LogP) is 2.31. The monoisotopic (exact) mass is 204 g/mol. The van der Waals surface area contributed by atoms with Crippen LogP contribution in [-0.4, -0.2) is 4.98 Å². The summed E-state index contributed by atoms with van der Waals surface area (Å²) in [7, 11) is 0. The first-order valence-corrected chi connectivity index (χ1v) is 3.54. The summed E-state index contributed by atoms with van der Waals surface area (Å²) in [5.41, 5.74) is -1.35. The lowest BCUT2D eigenvalue weighted by molar-refractivity contribution is -0.137. The molecule has 0 aliphatic carbocycles. The highest BCUT2D eigenvalue weighted by Gasteiger charge is 2.31. The lowest BCUT2D eigenvalue weighted by Gasteiger charge is -2.06. The summed E-state index contributed by atoms with van der Waals surface area (Å²) < 4.78 is 48.9. The highest BCUT2D eigenvalue weighted by Crippen LogP contribution is 2.29. The van der Waals surface area contributed by atoms with E-state index in [0.29, 0.717) is 12.1 Å². The molecule has 0 spiro atoms. The van der Waals surface area contributed by atoms with Crippen molar-refractivity contribution in [2.24, 2.45) is 0 Å². The van der Waals surface area contributed by atoms with E-state index in [4.69, 9.17) is 5.26 Å². The maximum atomic E-state index is 12.6. The van der Waals surface area contributed by atoms with Crippen LogP contribution in [0.2, 0.25) is 0 Å². The summed E-state index contributed by atoms with van der Waals surface area (Å²) in [6.07, 6.45) is -4.96. The van der Waals surface area contributed by atoms with Crippen LogP contribution in [0.4, 0.5) is 17.6 Å². The average Bonchev–Trinajstić information content (AvgIpc) is 2.02. The summed E-state index contributed by atoms with van der Waals surface area (Å²) >= 11 is 0. The first-order chi connectivity index (χ1) is 6.43. The molecule has 1 aromatic rings. The molecule has 2 nitrogen and oxygen atoms in total. The zero-order valence-electron chi connectivity index (χ0n) is 6.77. The van der Waals surface area contributed by atoms with Crippen LogP contribution >= 0.6 is 0 Å². The minimum atomic E-state index is -4.62. The fourth-order valence-electron chi connectivity index (χ4n) is 0.886. The second-order valence-electron chi connectivity index (χ2n) is 2.50. The van der Waals surface area contributed by atoms with Crippen molar-refractivity contribution in [2.45, 2.75) is 12.6 Å². The zero-order valence-corrected chi connectivity index (χ0v) is 6.77. The van der Waals surface area contributed by atoms with Crippen molar-refractivity contribution in [3.63, 3.8) is 0 Å². The van der Waals surface area contributed by atoms with Crippen LogP contribution in [0.3, 0.4) is 0 Å². The van der Waals surface area contributed by atoms with E-state index in [9.17, 15) is 17.6 Å². The quantitative estimate of drug-likeness (QED) is 0.519. The molecule has 0 unspecified atom stereocenters. The molecule has 0 saturated heterocycles. The predicted molar refractivity (Wildman–Crippen MR) is 38.5 cm³/mol. The van der Waals surface area contributed by atoms with Gasteiger partial charge in [0.1, 0.15) is 0 Å². The molecule has 0 amide bonds. The van der Waals surface area contributed by atoms with E-state index in [1.807, 2.05) is 0 Å². The number of pyridine rings is 1. The fourth-order valence-corrected chi connectivity index (χ4v) is 0.886. The molecule has 1 aromatic heterocycles. The van der Waals surface area contributed by atoms with Crippen LogP contribution < -0.4 is 0 Å². The third-order valence-corrected chi connectivity index (χ3v) is 1.43. The Morgan fingerprint density at radius 1 is 1.36 bits per heavy atom. The summed E-state index contributed by atoms with van der Waals surface area (Å²) in [6.45, 7) is 0. The number of rotatable bonds is 1. The Labute approximate surface area is 76.8 Å². The Kier molecular flexibility index (Phi) is 2.70. The molecule has 0 radical (unpaired) electrons. The molecule has 0 bridgehead atoms. The summed E-state index contributed by atoms with van der Waals surface area (Å²) in [5.74, 6) is -1.23. The van der Waals surface area contributed by atoms with Crippen molar-refractivity contribution in [2.75, 3.05) is 0 Å². The molecule has 0 saturated carbocycles. The van der Waals surface area contributed by atoms with Crippen LogP contribution in [0, 0.1) is 17.3 Å². The van der Waals surface area contributed by atoms with E-state index < -0.39 is 17.7 Å². The van der Waals surface area contributed by atoms with Gasteiger partial charge in [0, 0.05) is 6.07 Å². The van der Waals surface area contributed by atoms with Crippen LogP contribution in [0.25, 0.3) is 0 Å². The molecular formula is C8H4F4N2. The van der Waals surface area contributed by atoms with Crippen molar-refractivity contribution in [1.82, 2.24) is 4.98 Å². The molecule has 0 aromatic carbocycles. The van der Waals surface area contributed by atoms with Gasteiger partial charge in [-0.1, -0.05) is 0 Å². The highest BCUT2D eigenvalue weighted by molar-refractivity contribution is 5.21. The minimum absolute atomic E-state index is 0.222. The van der Waals surface area contributed by atoms with E-state index in [1.54, 1.807) is 6.07 Å². The number of nitrogens with zero attached hydrogens (tertiary/aromatic N) is 2. The lowest BCUT2D eigenvalue weighted by atomic mass is 10.2. The van der Waals surface area contributed by atoms with Crippen molar-refractivity contribution in [3.05, 3.63) is 29.3 Å². The summed E-state index contributed by atoms with van der Waals surface area (Å²) in [6, 6.07) is 2.54. The second-order valence-corrected chi connectivity index (χ2v) is 2.50. The number of hydrogen-bond acceptors (Lipinski definition) is 2. The Balaban J connectivity index is 3.15. The minimum Gasteiger partial charge on any atom is -0.224 e. The van der Waals surface area contributed by atoms with E-state index in [0.717, 1.165) is 0 Å². The molecular weight excluding hydrogens is 200 g/mol. The van der Waals surface area contributed by atoms with Gasteiger partial charge in [-0.05, 0) is 6.07 Å². The van der Waals surface area contributed by atoms with Crippen LogP contribution in [0.5, 0.6) is 0 Å². The maximum Gasteiger partial charge on any atom is 0.416 e. The number of hydrogen-bond donors (Lipinski definition) is 0. The normalized spacial score (nSPS) is 11.1. The van der Waals surface area contributed by atoms with Gasteiger partial charge < -0.3 is 0 Å². The van der Waals surface area contributed by atoms with E-state index in [1.165, 1.54) is 0 Å². The van der Waals surface area contributed by atoms with Gasteiger partial charge in [-0.3, -0.25) is 0 Å². The molecule has 1 heterocycles. The molecule has 6 heteroatoms. The molecule has 14 heavy (non-hydrogen) atoms. The van der Waals surface area contributed by atoms with Crippen molar-refractivity contribution < 1.29 is 17.6 Å². The van der Waals surface area contributed by atoms with Crippen LogP contribution in [0.15, 0.2) is 12.1 Å². The summed E-state index contributed by atoms with van der Waals surface area (Å²) in [4.78, 5) is 3.15. The smallest absolute Gasteiger partial charge is 0.224 e. The molecule has 0 aliphatic heterocycles. The average molecular weight is 204 g/mol. The van der Waals surface area contributed by atoms with Gasteiger partial charge in [-0.15, -0.1) is 0 Å². The van der Waals surface area contributed by atoms with Gasteiger partial charge in [-0.2, -0.15) is 22.8 Å². The van der Waals surface area contributed by atoms with Gasteiger partial charge in [0.05, 0.1) is 23.7 Å². The standard InChI is InChI=1S/C8H4F4N2/c9-7-4-5(8(10,11)12)3-6(14-7)1-2-13/h3-4H,1H2. The van der Waals surface area contributed by atoms with Gasteiger partial charge in [0.2, 0.25) is 5.95 Å². The fraction of sp³-hybridized carbons (Fsp3) is 0.250. The van der Waals surface area contributed by atoms with E-state index >= 15 is 0 Å². The maximum absolute atomic E-state index is 12.6. The van der Waals surface area contributed by atoms with E-state index in [-0.39, 0.29) is 12.1 Å². The first kappa shape index (κ1) is 10.4. The number of alkyl halides is 3. The third-order valence-electron chi connectivity index (χ3n) is 1.43. The largest absolute Gasteiger partial charge is 0.416 e. The highest BCUT2D eigenvalue weighted by atomic mass is 19.4. The Morgan fingerprint density at radius 2 is 2.00 bits per heavy atom. The Hall–Kier alpha value is -1.64. The number of aromatic nitrogens is 1. The van der Waals surface area contributed by atoms with Crippen molar-refractivity contribution >= 4 is 0 Å². The molecule has 1 rings (SSSR count). The van der Waals surface area contributed by atoms with E-state index in [2.05, 4.69) is 4.98 Å². The van der Waals surface area contributed by atoms with Gasteiger partial charge >= 0.3 is 6.18 Å². The molecule has 0 aliphatic rings. The van der Waals surface area contributed by atoms with Gasteiger partial charge in [0.15, 0.2) is 0 Å². The summed E-state index contributed by atoms with van der Waals surface area (Å²) in [5, 5.41) is 8.21. The zero-order chi connectivity index (χ0) is 10.8.